The summed E-state index contributed by atoms with van der Waals surface area (Å²) in [5.41, 5.74) is 2.61. The van der Waals surface area contributed by atoms with Crippen LogP contribution in [0.4, 0.5) is 0 Å². The van der Waals surface area contributed by atoms with Crippen LogP contribution in [-0.2, 0) is 0 Å². The summed E-state index contributed by atoms with van der Waals surface area (Å²) in [4.78, 5) is 0. The van der Waals surface area contributed by atoms with E-state index in [1.54, 1.807) is 0 Å². The van der Waals surface area contributed by atoms with E-state index in [-0.39, 0.29) is 0 Å². The second-order valence-electron chi connectivity index (χ2n) is 4.55. The zero-order valence-electron chi connectivity index (χ0n) is 11.4. The van der Waals surface area contributed by atoms with Crippen molar-refractivity contribution < 1.29 is 4.74 Å². The number of rotatable bonds is 8. The molecule has 17 heavy (non-hydrogen) atoms. The topological polar surface area (TPSA) is 21.3 Å². The highest BCUT2D eigenvalue weighted by Gasteiger charge is 1.97. The first-order valence-corrected chi connectivity index (χ1v) is 6.65. The fourth-order valence-corrected chi connectivity index (χ4v) is 1.62. The van der Waals surface area contributed by atoms with Gasteiger partial charge in [-0.1, -0.05) is 19.4 Å². The molecule has 0 saturated heterocycles. The van der Waals surface area contributed by atoms with Crippen molar-refractivity contribution in [1.29, 1.82) is 0 Å². The Morgan fingerprint density at radius 1 is 1.06 bits per heavy atom. The van der Waals surface area contributed by atoms with Gasteiger partial charge in [0.15, 0.2) is 0 Å². The van der Waals surface area contributed by atoms with Crippen molar-refractivity contribution in [1.82, 2.24) is 5.32 Å². The van der Waals surface area contributed by atoms with Gasteiger partial charge in [-0.05, 0) is 63.0 Å². The lowest BCUT2D eigenvalue weighted by Crippen LogP contribution is -2.18. The molecule has 1 aromatic carbocycles. The van der Waals surface area contributed by atoms with Crippen LogP contribution in [0.5, 0.6) is 5.75 Å². The van der Waals surface area contributed by atoms with Crippen LogP contribution >= 0.6 is 0 Å². The third-order valence-electron chi connectivity index (χ3n) is 2.95. The number of aryl methyl sites for hydroxylation is 2. The van der Waals surface area contributed by atoms with Gasteiger partial charge in [-0.25, -0.2) is 0 Å². The van der Waals surface area contributed by atoms with Crippen LogP contribution in [0.2, 0.25) is 0 Å². The van der Waals surface area contributed by atoms with Crippen molar-refractivity contribution in [3.8, 4) is 5.75 Å². The van der Waals surface area contributed by atoms with Crippen molar-refractivity contribution in [2.45, 2.75) is 40.0 Å². The smallest absolute Gasteiger partial charge is 0.119 e. The molecular formula is C15H25NO. The Morgan fingerprint density at radius 3 is 2.53 bits per heavy atom. The van der Waals surface area contributed by atoms with Crippen LogP contribution in [0.1, 0.15) is 37.3 Å². The first-order valence-electron chi connectivity index (χ1n) is 6.65. The number of benzene rings is 1. The van der Waals surface area contributed by atoms with Crippen LogP contribution in [0.25, 0.3) is 0 Å². The molecule has 0 spiro atoms. The molecule has 0 aromatic heterocycles. The normalized spacial score (nSPS) is 10.5. The number of nitrogens with one attached hydrogen (secondary N) is 1. The van der Waals surface area contributed by atoms with Crippen LogP contribution in [0.15, 0.2) is 18.2 Å². The summed E-state index contributed by atoms with van der Waals surface area (Å²) in [6.45, 7) is 9.42. The van der Waals surface area contributed by atoms with Gasteiger partial charge in [-0.3, -0.25) is 0 Å². The molecule has 0 bridgehead atoms. The molecule has 96 valence electrons. The molecular weight excluding hydrogens is 210 g/mol. The van der Waals surface area contributed by atoms with E-state index in [1.807, 2.05) is 6.07 Å². The van der Waals surface area contributed by atoms with Gasteiger partial charge >= 0.3 is 0 Å². The van der Waals surface area contributed by atoms with Crippen LogP contribution < -0.4 is 10.1 Å². The first kappa shape index (κ1) is 14.0. The number of ether oxygens (including phenoxy) is 1. The Morgan fingerprint density at radius 2 is 1.82 bits per heavy atom. The summed E-state index contributed by atoms with van der Waals surface area (Å²) in [6.07, 6.45) is 3.58. The van der Waals surface area contributed by atoms with Crippen molar-refractivity contribution in [2.75, 3.05) is 19.7 Å². The van der Waals surface area contributed by atoms with E-state index < -0.39 is 0 Å². The molecule has 1 aromatic rings. The van der Waals surface area contributed by atoms with Crippen molar-refractivity contribution >= 4 is 0 Å². The number of unbranched alkanes of at least 4 members (excludes halogenated alkanes) is 1. The van der Waals surface area contributed by atoms with E-state index in [0.29, 0.717) is 0 Å². The van der Waals surface area contributed by atoms with E-state index in [0.717, 1.165) is 31.9 Å². The molecule has 0 atom stereocenters. The first-order chi connectivity index (χ1) is 8.24. The molecule has 1 rings (SSSR count). The minimum atomic E-state index is 0.793. The second-order valence-corrected chi connectivity index (χ2v) is 4.55. The third-order valence-corrected chi connectivity index (χ3v) is 2.95. The summed E-state index contributed by atoms with van der Waals surface area (Å²) in [6, 6.07) is 6.27. The Labute approximate surface area is 105 Å². The lowest BCUT2D eigenvalue weighted by Gasteiger charge is -2.08. The maximum Gasteiger partial charge on any atom is 0.119 e. The summed E-state index contributed by atoms with van der Waals surface area (Å²) >= 11 is 0. The Bertz CT molecular complexity index is 323. The predicted octanol–water partition coefficient (Wildman–Crippen LogP) is 3.46. The van der Waals surface area contributed by atoms with Gasteiger partial charge in [0.05, 0.1) is 6.61 Å². The molecule has 0 unspecified atom stereocenters. The maximum absolute atomic E-state index is 5.71. The van der Waals surface area contributed by atoms with E-state index in [1.165, 1.54) is 24.0 Å². The summed E-state index contributed by atoms with van der Waals surface area (Å²) in [5.74, 6) is 0.988. The molecule has 0 saturated carbocycles. The Hall–Kier alpha value is -1.02. The average Bonchev–Trinajstić information content (AvgIpc) is 2.32. The van der Waals surface area contributed by atoms with Crippen LogP contribution in [0, 0.1) is 13.8 Å². The second kappa shape index (κ2) is 8.13. The Balaban J connectivity index is 2.11. The zero-order valence-corrected chi connectivity index (χ0v) is 11.4. The highest BCUT2D eigenvalue weighted by atomic mass is 16.5. The minimum absolute atomic E-state index is 0.793. The molecule has 0 fully saturated rings. The third kappa shape index (κ3) is 5.73. The maximum atomic E-state index is 5.71. The van der Waals surface area contributed by atoms with E-state index in [9.17, 15) is 0 Å². The van der Waals surface area contributed by atoms with Gasteiger partial charge in [-0.2, -0.15) is 0 Å². The lowest BCUT2D eigenvalue weighted by molar-refractivity contribution is 0.308. The molecule has 2 heteroatoms. The predicted molar refractivity (Wildman–Crippen MR) is 73.8 cm³/mol. The van der Waals surface area contributed by atoms with Crippen molar-refractivity contribution in [2.24, 2.45) is 0 Å². The van der Waals surface area contributed by atoms with Gasteiger partial charge in [0.1, 0.15) is 5.75 Å². The van der Waals surface area contributed by atoms with Gasteiger partial charge in [0.25, 0.3) is 0 Å². The fourth-order valence-electron chi connectivity index (χ4n) is 1.62. The number of hydrogen-bond donors (Lipinski definition) is 1. The standard InChI is InChI=1S/C15H25NO/c1-4-5-9-16-10-6-11-17-15-8-7-13(2)14(3)12-15/h7-8,12,16H,4-6,9-11H2,1-3H3. The summed E-state index contributed by atoms with van der Waals surface area (Å²) in [5, 5.41) is 3.41. The minimum Gasteiger partial charge on any atom is -0.494 e. The summed E-state index contributed by atoms with van der Waals surface area (Å²) < 4.78 is 5.71. The van der Waals surface area contributed by atoms with Gasteiger partial charge in [0, 0.05) is 0 Å². The fraction of sp³-hybridized carbons (Fsp3) is 0.600. The van der Waals surface area contributed by atoms with Gasteiger partial charge in [-0.15, -0.1) is 0 Å². The molecule has 0 aliphatic carbocycles. The van der Waals surface area contributed by atoms with Crippen molar-refractivity contribution in [3.63, 3.8) is 0 Å². The van der Waals surface area contributed by atoms with Gasteiger partial charge < -0.3 is 10.1 Å². The monoisotopic (exact) mass is 235 g/mol. The lowest BCUT2D eigenvalue weighted by atomic mass is 10.1. The molecule has 0 aliphatic heterocycles. The molecule has 1 N–H and O–H groups in total. The molecule has 0 amide bonds. The van der Waals surface area contributed by atoms with Crippen LogP contribution in [0.3, 0.4) is 0 Å². The van der Waals surface area contributed by atoms with Crippen LogP contribution in [-0.4, -0.2) is 19.7 Å². The largest absolute Gasteiger partial charge is 0.494 e. The van der Waals surface area contributed by atoms with E-state index in [2.05, 4.69) is 38.2 Å². The molecule has 0 radical (unpaired) electrons. The Kier molecular flexibility index (Phi) is 6.71. The number of hydrogen-bond acceptors (Lipinski definition) is 2. The molecule has 0 heterocycles. The zero-order chi connectivity index (χ0) is 12.5. The summed E-state index contributed by atoms with van der Waals surface area (Å²) in [7, 11) is 0. The van der Waals surface area contributed by atoms with Crippen molar-refractivity contribution in [3.05, 3.63) is 29.3 Å². The van der Waals surface area contributed by atoms with E-state index in [4.69, 9.17) is 4.74 Å². The molecule has 0 aliphatic rings. The average molecular weight is 235 g/mol. The SMILES string of the molecule is CCCCNCCCOc1ccc(C)c(C)c1. The van der Waals surface area contributed by atoms with E-state index >= 15 is 0 Å². The highest BCUT2D eigenvalue weighted by molar-refractivity contribution is 5.33. The molecule has 2 nitrogen and oxygen atoms in total. The highest BCUT2D eigenvalue weighted by Crippen LogP contribution is 2.16. The van der Waals surface area contributed by atoms with Gasteiger partial charge in [0.2, 0.25) is 0 Å². The quantitative estimate of drug-likeness (QED) is 0.697.